The van der Waals surface area contributed by atoms with Crippen LogP contribution >= 0.6 is 0 Å². The monoisotopic (exact) mass is 886 g/mol. The van der Waals surface area contributed by atoms with E-state index in [1.54, 1.807) is 12.4 Å². The van der Waals surface area contributed by atoms with Crippen LogP contribution in [0.25, 0.3) is 22.2 Å². The van der Waals surface area contributed by atoms with Crippen LogP contribution in [0.2, 0.25) is 0 Å². The summed E-state index contributed by atoms with van der Waals surface area (Å²) < 4.78 is 0. The van der Waals surface area contributed by atoms with Crippen LogP contribution in [0.15, 0.2) is 220 Å². The zero-order valence-electron chi connectivity index (χ0n) is 39.8. The van der Waals surface area contributed by atoms with Crippen molar-refractivity contribution in [1.82, 2.24) is 0 Å². The van der Waals surface area contributed by atoms with Gasteiger partial charge in [0.15, 0.2) is 0 Å². The van der Waals surface area contributed by atoms with Crippen molar-refractivity contribution in [2.24, 2.45) is 36.9 Å². The maximum absolute atomic E-state index is 6.59. The fourth-order valence-electron chi connectivity index (χ4n) is 10.1. The van der Waals surface area contributed by atoms with Crippen molar-refractivity contribution >= 4 is 45.0 Å². The van der Waals surface area contributed by atoms with Crippen LogP contribution in [-0.4, -0.2) is 29.9 Å². The maximum atomic E-state index is 6.59. The normalized spacial score (nSPS) is 18.5. The topological polar surface area (TPSA) is 101 Å². The molecule has 6 nitrogen and oxygen atoms in total. The van der Waals surface area contributed by atoms with Crippen molar-refractivity contribution in [1.29, 1.82) is 0 Å². The van der Waals surface area contributed by atoms with Crippen molar-refractivity contribution in [3.63, 3.8) is 0 Å². The molecule has 2 aliphatic rings. The summed E-state index contributed by atoms with van der Waals surface area (Å²) in [5.41, 5.74) is 28.7. The Morgan fingerprint density at radius 3 is 1.88 bits per heavy atom. The molecular formula is C62H58N6. The van der Waals surface area contributed by atoms with Gasteiger partial charge in [-0.1, -0.05) is 197 Å². The lowest BCUT2D eigenvalue weighted by atomic mass is 9.62. The number of aliphatic imine (C=N–C) groups is 4. The number of allylic oxidation sites excluding steroid dienone is 4. The Bertz CT molecular complexity index is 3300. The summed E-state index contributed by atoms with van der Waals surface area (Å²) in [5, 5.41) is 2.18. The first-order valence-electron chi connectivity index (χ1n) is 23.3. The zero-order chi connectivity index (χ0) is 47.4. The SMILES string of the molecule is CN=C(C(=NC(=CN)c1ccc2c(c1)C(C)(C)C1(C)C=CC=CC21)c1cccc(CN=C(C(=NC(=CN)c2cccc3ccccc23)c2ccccc2)c2ccccc2C)c1)c1ccccc1C. The number of rotatable bonds is 12. The minimum Gasteiger partial charge on any atom is -0.403 e. The first-order chi connectivity index (χ1) is 33.1. The van der Waals surface area contributed by atoms with Crippen LogP contribution in [0.1, 0.15) is 87.9 Å². The van der Waals surface area contributed by atoms with Crippen molar-refractivity contribution in [3.05, 3.63) is 262 Å². The summed E-state index contributed by atoms with van der Waals surface area (Å²) in [6.45, 7) is 11.7. The fourth-order valence-corrected chi connectivity index (χ4v) is 10.1. The van der Waals surface area contributed by atoms with Crippen molar-refractivity contribution in [2.75, 3.05) is 7.05 Å². The van der Waals surface area contributed by atoms with Crippen LogP contribution in [-0.2, 0) is 12.0 Å². The summed E-state index contributed by atoms with van der Waals surface area (Å²) in [6, 6.07) is 56.6. The Morgan fingerprint density at radius 1 is 0.559 bits per heavy atom. The van der Waals surface area contributed by atoms with Gasteiger partial charge in [-0.05, 0) is 70.0 Å². The van der Waals surface area contributed by atoms with E-state index < -0.39 is 0 Å². The Morgan fingerprint density at radius 2 is 1.16 bits per heavy atom. The molecule has 2 unspecified atom stereocenters. The number of nitrogens with zero attached hydrogens (tertiary/aromatic N) is 4. The molecule has 0 bridgehead atoms. The highest BCUT2D eigenvalue weighted by molar-refractivity contribution is 6.55. The number of nitrogens with two attached hydrogens (primary N) is 2. The Balaban J connectivity index is 1.17. The lowest BCUT2D eigenvalue weighted by Crippen LogP contribution is -2.36. The molecule has 4 N–H and O–H groups in total. The minimum absolute atomic E-state index is 0.0491. The van der Waals surface area contributed by atoms with E-state index in [1.165, 1.54) is 11.1 Å². The van der Waals surface area contributed by atoms with Crippen molar-refractivity contribution < 1.29 is 0 Å². The number of benzene rings is 7. The van der Waals surface area contributed by atoms with E-state index in [0.717, 1.165) is 78.0 Å². The standard InChI is InChI=1S/C62H58N6/c1-41-20-10-13-28-48(41)59(65-6)58(67-55(38-63)46-33-34-52-53-32-16-17-35-62(53,5)61(3,4)54(52)37-46)47-27-18-22-43(36-47)40-66-60(49-29-14-11-21-42(49)2)57(45-24-8-7-9-25-45)68-56(39-64)51-31-19-26-44-23-12-15-30-50(44)51/h7-39,53H,40,63-64H2,1-6H3. The lowest BCUT2D eigenvalue weighted by molar-refractivity contribution is 0.244. The van der Waals surface area contributed by atoms with Gasteiger partial charge in [0.25, 0.3) is 0 Å². The molecule has 0 saturated carbocycles. The largest absolute Gasteiger partial charge is 0.403 e. The van der Waals surface area contributed by atoms with Gasteiger partial charge in [-0.15, -0.1) is 0 Å². The molecule has 9 rings (SSSR count). The molecular weight excluding hydrogens is 829 g/mol. The van der Waals surface area contributed by atoms with E-state index in [-0.39, 0.29) is 10.8 Å². The molecule has 2 aliphatic carbocycles. The van der Waals surface area contributed by atoms with Gasteiger partial charge in [0, 0.05) is 64.2 Å². The Kier molecular flexibility index (Phi) is 12.7. The Labute approximate surface area is 401 Å². The third-order valence-electron chi connectivity index (χ3n) is 14.2. The maximum Gasteiger partial charge on any atom is 0.0968 e. The van der Waals surface area contributed by atoms with Gasteiger partial charge < -0.3 is 11.5 Å². The molecule has 7 aromatic rings. The lowest BCUT2D eigenvalue weighted by Gasteiger charge is -2.41. The summed E-state index contributed by atoms with van der Waals surface area (Å²) in [6.07, 6.45) is 12.3. The molecule has 6 heteroatoms. The molecule has 0 aromatic heterocycles. The molecule has 0 amide bonds. The molecule has 336 valence electrons. The van der Waals surface area contributed by atoms with Gasteiger partial charge in [-0.2, -0.15) is 0 Å². The smallest absolute Gasteiger partial charge is 0.0968 e. The second kappa shape index (κ2) is 19.1. The predicted molar refractivity (Wildman–Crippen MR) is 288 cm³/mol. The molecule has 0 aliphatic heterocycles. The highest BCUT2D eigenvalue weighted by Crippen LogP contribution is 2.61. The highest BCUT2D eigenvalue weighted by Gasteiger charge is 2.53. The van der Waals surface area contributed by atoms with E-state index in [9.17, 15) is 0 Å². The summed E-state index contributed by atoms with van der Waals surface area (Å²) in [5.74, 6) is 0.297. The second-order valence-corrected chi connectivity index (χ2v) is 18.4. The molecule has 68 heavy (non-hydrogen) atoms. The zero-order valence-corrected chi connectivity index (χ0v) is 39.8. The number of aryl methyl sites for hydroxylation is 2. The third-order valence-corrected chi connectivity index (χ3v) is 14.2. The van der Waals surface area contributed by atoms with E-state index in [2.05, 4.69) is 180 Å². The molecule has 0 fully saturated rings. The van der Waals surface area contributed by atoms with E-state index in [4.69, 9.17) is 31.4 Å². The predicted octanol–water partition coefficient (Wildman–Crippen LogP) is 13.3. The first kappa shape index (κ1) is 45.2. The third kappa shape index (κ3) is 8.39. The highest BCUT2D eigenvalue weighted by atomic mass is 14.8. The van der Waals surface area contributed by atoms with Gasteiger partial charge >= 0.3 is 0 Å². The van der Waals surface area contributed by atoms with Crippen LogP contribution in [0.3, 0.4) is 0 Å². The quantitative estimate of drug-likeness (QED) is 0.119. The fraction of sp³-hybridized carbons (Fsp3) is 0.161. The van der Waals surface area contributed by atoms with Crippen molar-refractivity contribution in [3.8, 4) is 0 Å². The van der Waals surface area contributed by atoms with Gasteiger partial charge in [0.1, 0.15) is 0 Å². The average molecular weight is 887 g/mol. The van der Waals surface area contributed by atoms with Crippen molar-refractivity contribution in [2.45, 2.75) is 52.5 Å². The summed E-state index contributed by atoms with van der Waals surface area (Å²) in [7, 11) is 1.83. The number of hydrogen-bond donors (Lipinski definition) is 2. The van der Waals surface area contributed by atoms with E-state index in [1.807, 2.05) is 49.5 Å². The summed E-state index contributed by atoms with van der Waals surface area (Å²) >= 11 is 0. The molecule has 0 spiro atoms. The molecule has 0 heterocycles. The molecule has 2 atom stereocenters. The molecule has 0 radical (unpaired) electrons. The number of hydrogen-bond acceptors (Lipinski definition) is 6. The van der Waals surface area contributed by atoms with Gasteiger partial charge in [-0.25, -0.2) is 9.98 Å². The Hall–Kier alpha value is -7.96. The second-order valence-electron chi connectivity index (χ2n) is 18.4. The van der Waals surface area contributed by atoms with Crippen LogP contribution in [0, 0.1) is 19.3 Å². The molecule has 0 saturated heterocycles. The average Bonchev–Trinajstić information content (AvgIpc) is 3.55. The van der Waals surface area contributed by atoms with E-state index in [0.29, 0.717) is 29.6 Å². The van der Waals surface area contributed by atoms with Gasteiger partial charge in [-0.3, -0.25) is 9.98 Å². The van der Waals surface area contributed by atoms with Crippen LogP contribution < -0.4 is 11.5 Å². The summed E-state index contributed by atoms with van der Waals surface area (Å²) in [4.78, 5) is 21.4. The van der Waals surface area contributed by atoms with Gasteiger partial charge in [0.05, 0.1) is 40.8 Å². The van der Waals surface area contributed by atoms with Crippen LogP contribution in [0.5, 0.6) is 0 Å². The molecule has 7 aromatic carbocycles. The van der Waals surface area contributed by atoms with Gasteiger partial charge in [0.2, 0.25) is 0 Å². The number of fused-ring (bicyclic) bond motifs is 4. The minimum atomic E-state index is -0.122. The van der Waals surface area contributed by atoms with E-state index >= 15 is 0 Å². The van der Waals surface area contributed by atoms with Crippen LogP contribution in [0.4, 0.5) is 0 Å². The first-order valence-corrected chi connectivity index (χ1v) is 23.3.